The summed E-state index contributed by atoms with van der Waals surface area (Å²) >= 11 is 5.88. The maximum absolute atomic E-state index is 11.7. The standard InChI is InChI=1S/C15H13ClN2O4/c16-12-6-1-2-7-13(12)22-9-14(20)17-18-15(21)10-4-3-5-11(19)8-10/h1-8,19H,9H2,(H,17,20)(H,18,21). The average Bonchev–Trinajstić information content (AvgIpc) is 2.52. The number of halogens is 1. The van der Waals surface area contributed by atoms with Gasteiger partial charge in [-0.1, -0.05) is 29.8 Å². The molecular weight excluding hydrogens is 308 g/mol. The number of nitrogens with one attached hydrogen (secondary N) is 2. The van der Waals surface area contributed by atoms with Gasteiger partial charge < -0.3 is 9.84 Å². The number of rotatable bonds is 4. The van der Waals surface area contributed by atoms with Crippen LogP contribution < -0.4 is 15.6 Å². The highest BCUT2D eigenvalue weighted by Crippen LogP contribution is 2.22. The fraction of sp³-hybridized carbons (Fsp3) is 0.0667. The minimum absolute atomic E-state index is 0.0407. The number of amides is 2. The van der Waals surface area contributed by atoms with E-state index in [-0.39, 0.29) is 17.9 Å². The zero-order valence-electron chi connectivity index (χ0n) is 11.4. The number of carbonyl (C=O) groups excluding carboxylic acids is 2. The second-order valence-corrected chi connectivity index (χ2v) is 4.68. The number of hydrogen-bond acceptors (Lipinski definition) is 4. The van der Waals surface area contributed by atoms with Crippen molar-refractivity contribution in [3.8, 4) is 11.5 Å². The van der Waals surface area contributed by atoms with E-state index in [1.165, 1.54) is 24.3 Å². The SMILES string of the molecule is O=C(COc1ccccc1Cl)NNC(=O)c1cccc(O)c1. The smallest absolute Gasteiger partial charge is 0.276 e. The first-order chi connectivity index (χ1) is 10.6. The van der Waals surface area contributed by atoms with Gasteiger partial charge in [0.2, 0.25) is 0 Å². The minimum Gasteiger partial charge on any atom is -0.508 e. The zero-order chi connectivity index (χ0) is 15.9. The molecule has 0 atom stereocenters. The largest absolute Gasteiger partial charge is 0.508 e. The topological polar surface area (TPSA) is 87.7 Å². The van der Waals surface area contributed by atoms with E-state index >= 15 is 0 Å². The number of carbonyl (C=O) groups is 2. The Morgan fingerprint density at radius 1 is 1.09 bits per heavy atom. The van der Waals surface area contributed by atoms with E-state index in [0.717, 1.165) is 0 Å². The second kappa shape index (κ2) is 7.33. The molecule has 7 heteroatoms. The summed E-state index contributed by atoms with van der Waals surface area (Å²) in [6, 6.07) is 12.5. The Kier molecular flexibility index (Phi) is 5.21. The van der Waals surface area contributed by atoms with Crippen LogP contribution in [0, 0.1) is 0 Å². The molecule has 0 bridgehead atoms. The summed E-state index contributed by atoms with van der Waals surface area (Å²) in [4.78, 5) is 23.3. The van der Waals surface area contributed by atoms with Gasteiger partial charge >= 0.3 is 0 Å². The molecule has 0 aromatic heterocycles. The molecule has 0 radical (unpaired) electrons. The van der Waals surface area contributed by atoms with Crippen molar-refractivity contribution < 1.29 is 19.4 Å². The molecule has 0 saturated carbocycles. The fourth-order valence-electron chi connectivity index (χ4n) is 1.59. The van der Waals surface area contributed by atoms with Gasteiger partial charge in [0.25, 0.3) is 11.8 Å². The molecule has 0 spiro atoms. The Bertz CT molecular complexity index is 691. The number of hydrogen-bond donors (Lipinski definition) is 3. The number of aromatic hydroxyl groups is 1. The van der Waals surface area contributed by atoms with Crippen LogP contribution in [0.5, 0.6) is 11.5 Å². The lowest BCUT2D eigenvalue weighted by Gasteiger charge is -2.09. The maximum atomic E-state index is 11.7. The van der Waals surface area contributed by atoms with Crippen LogP contribution in [-0.2, 0) is 4.79 Å². The molecule has 114 valence electrons. The lowest BCUT2D eigenvalue weighted by Crippen LogP contribution is -2.43. The molecule has 0 aliphatic rings. The number of para-hydroxylation sites is 1. The zero-order valence-corrected chi connectivity index (χ0v) is 12.1. The van der Waals surface area contributed by atoms with Crippen LogP contribution in [-0.4, -0.2) is 23.5 Å². The minimum atomic E-state index is -0.554. The van der Waals surface area contributed by atoms with Crippen LogP contribution in [0.25, 0.3) is 0 Å². The van der Waals surface area contributed by atoms with E-state index in [4.69, 9.17) is 16.3 Å². The van der Waals surface area contributed by atoms with Crippen LogP contribution in [0.15, 0.2) is 48.5 Å². The summed E-state index contributed by atoms with van der Waals surface area (Å²) in [5, 5.41) is 9.66. The molecular formula is C15H13ClN2O4. The van der Waals surface area contributed by atoms with Gasteiger partial charge in [0.1, 0.15) is 11.5 Å². The molecule has 6 nitrogen and oxygen atoms in total. The quantitative estimate of drug-likeness (QED) is 0.751. The van der Waals surface area contributed by atoms with Crippen molar-refractivity contribution in [1.82, 2.24) is 10.9 Å². The number of phenols is 1. The molecule has 2 rings (SSSR count). The van der Waals surface area contributed by atoms with Crippen LogP contribution in [0.2, 0.25) is 5.02 Å². The van der Waals surface area contributed by atoms with E-state index < -0.39 is 11.8 Å². The lowest BCUT2D eigenvalue weighted by atomic mass is 10.2. The molecule has 22 heavy (non-hydrogen) atoms. The van der Waals surface area contributed by atoms with E-state index in [1.807, 2.05) is 0 Å². The summed E-state index contributed by atoms with van der Waals surface area (Å²) in [7, 11) is 0. The maximum Gasteiger partial charge on any atom is 0.276 e. The molecule has 0 aliphatic heterocycles. The van der Waals surface area contributed by atoms with Crippen LogP contribution in [0.4, 0.5) is 0 Å². The molecule has 2 aromatic carbocycles. The van der Waals surface area contributed by atoms with Crippen molar-refractivity contribution in [2.75, 3.05) is 6.61 Å². The third kappa shape index (κ3) is 4.39. The number of ether oxygens (including phenoxy) is 1. The first kappa shape index (κ1) is 15.7. The van der Waals surface area contributed by atoms with Gasteiger partial charge in [-0.3, -0.25) is 20.4 Å². The summed E-state index contributed by atoms with van der Waals surface area (Å²) in [5.74, 6) is -0.768. The highest BCUT2D eigenvalue weighted by molar-refractivity contribution is 6.32. The third-order valence-electron chi connectivity index (χ3n) is 2.62. The Morgan fingerprint density at radius 3 is 2.59 bits per heavy atom. The van der Waals surface area contributed by atoms with E-state index in [9.17, 15) is 14.7 Å². The van der Waals surface area contributed by atoms with Crippen LogP contribution in [0.3, 0.4) is 0 Å². The Labute approximate surface area is 131 Å². The molecule has 0 aliphatic carbocycles. The predicted octanol–water partition coefficient (Wildman–Crippen LogP) is 1.89. The van der Waals surface area contributed by atoms with E-state index in [0.29, 0.717) is 10.8 Å². The number of benzene rings is 2. The van der Waals surface area contributed by atoms with Crippen LogP contribution >= 0.6 is 11.6 Å². The third-order valence-corrected chi connectivity index (χ3v) is 2.93. The van der Waals surface area contributed by atoms with Crippen molar-refractivity contribution in [2.24, 2.45) is 0 Å². The lowest BCUT2D eigenvalue weighted by molar-refractivity contribution is -0.123. The Balaban J connectivity index is 1.81. The summed E-state index contributed by atoms with van der Waals surface area (Å²) in [5.41, 5.74) is 4.63. The monoisotopic (exact) mass is 320 g/mol. The molecule has 3 N–H and O–H groups in total. The highest BCUT2D eigenvalue weighted by atomic mass is 35.5. The molecule has 0 heterocycles. The van der Waals surface area contributed by atoms with Gasteiger partial charge in [-0.05, 0) is 30.3 Å². The molecule has 0 unspecified atom stereocenters. The van der Waals surface area contributed by atoms with Crippen molar-refractivity contribution in [3.63, 3.8) is 0 Å². The van der Waals surface area contributed by atoms with Crippen LogP contribution in [0.1, 0.15) is 10.4 Å². The number of phenolic OH excluding ortho intramolecular Hbond substituents is 1. The number of hydrazine groups is 1. The Hall–Kier alpha value is -2.73. The average molecular weight is 321 g/mol. The first-order valence-corrected chi connectivity index (χ1v) is 6.69. The van der Waals surface area contributed by atoms with Crippen molar-refractivity contribution in [3.05, 3.63) is 59.1 Å². The Morgan fingerprint density at radius 2 is 1.86 bits per heavy atom. The summed E-state index contributed by atoms with van der Waals surface area (Å²) in [6.07, 6.45) is 0. The highest BCUT2D eigenvalue weighted by Gasteiger charge is 2.09. The van der Waals surface area contributed by atoms with E-state index in [1.54, 1.807) is 24.3 Å². The first-order valence-electron chi connectivity index (χ1n) is 6.32. The van der Waals surface area contributed by atoms with Gasteiger partial charge in [-0.25, -0.2) is 0 Å². The van der Waals surface area contributed by atoms with Crippen molar-refractivity contribution in [1.29, 1.82) is 0 Å². The van der Waals surface area contributed by atoms with Gasteiger partial charge in [-0.15, -0.1) is 0 Å². The normalized spacial score (nSPS) is 9.86. The molecule has 2 aromatic rings. The molecule has 0 fully saturated rings. The summed E-state index contributed by atoms with van der Waals surface area (Å²) < 4.78 is 5.22. The van der Waals surface area contributed by atoms with Gasteiger partial charge in [0.15, 0.2) is 6.61 Å². The predicted molar refractivity (Wildman–Crippen MR) is 80.7 cm³/mol. The van der Waals surface area contributed by atoms with Crippen molar-refractivity contribution >= 4 is 23.4 Å². The second-order valence-electron chi connectivity index (χ2n) is 4.27. The van der Waals surface area contributed by atoms with Gasteiger partial charge in [0.05, 0.1) is 5.02 Å². The summed E-state index contributed by atoms with van der Waals surface area (Å²) in [6.45, 7) is -0.302. The fourth-order valence-corrected chi connectivity index (χ4v) is 1.78. The van der Waals surface area contributed by atoms with Gasteiger partial charge in [0, 0.05) is 5.56 Å². The van der Waals surface area contributed by atoms with Crippen molar-refractivity contribution in [2.45, 2.75) is 0 Å². The molecule has 2 amide bonds. The molecule has 0 saturated heterocycles. The van der Waals surface area contributed by atoms with Gasteiger partial charge in [-0.2, -0.15) is 0 Å². The van der Waals surface area contributed by atoms with E-state index in [2.05, 4.69) is 10.9 Å².